The van der Waals surface area contributed by atoms with E-state index in [1.807, 2.05) is 42.5 Å². The number of carbonyl (C=O) groups excluding carboxylic acids is 1. The van der Waals surface area contributed by atoms with Gasteiger partial charge in [0, 0.05) is 34.0 Å². The van der Waals surface area contributed by atoms with Gasteiger partial charge in [0.15, 0.2) is 4.34 Å². The van der Waals surface area contributed by atoms with Gasteiger partial charge in [-0.05, 0) is 35.7 Å². The van der Waals surface area contributed by atoms with E-state index in [4.69, 9.17) is 4.98 Å². The molecule has 1 amide bonds. The third-order valence-corrected chi connectivity index (χ3v) is 7.54. The van der Waals surface area contributed by atoms with Gasteiger partial charge in [-0.1, -0.05) is 47.4 Å². The minimum absolute atomic E-state index is 0.241. The molecule has 5 aromatic rings. The summed E-state index contributed by atoms with van der Waals surface area (Å²) < 4.78 is 0.819. The highest BCUT2D eigenvalue weighted by Crippen LogP contribution is 2.30. The normalized spacial score (nSPS) is 11.0. The first-order valence-electron chi connectivity index (χ1n) is 9.36. The molecule has 6 nitrogen and oxygen atoms in total. The molecule has 9 heteroatoms. The largest absolute Gasteiger partial charge is 0.296 e. The van der Waals surface area contributed by atoms with Crippen LogP contribution in [0.25, 0.3) is 22.2 Å². The summed E-state index contributed by atoms with van der Waals surface area (Å²) in [5.41, 5.74) is 2.83. The van der Waals surface area contributed by atoms with E-state index in [1.165, 1.54) is 16.2 Å². The van der Waals surface area contributed by atoms with Gasteiger partial charge in [-0.2, -0.15) is 0 Å². The molecule has 4 aromatic heterocycles. The van der Waals surface area contributed by atoms with Crippen molar-refractivity contribution < 1.29 is 4.79 Å². The predicted octanol–water partition coefficient (Wildman–Crippen LogP) is 5.75. The molecule has 0 radical (unpaired) electrons. The van der Waals surface area contributed by atoms with Crippen LogP contribution in [0.5, 0.6) is 0 Å². The van der Waals surface area contributed by atoms with E-state index in [1.54, 1.807) is 41.6 Å². The molecule has 152 valence electrons. The van der Waals surface area contributed by atoms with E-state index in [2.05, 4.69) is 31.9 Å². The fraction of sp³-hybridized carbons (Fsp3) is 0.0455. The standard InChI is InChI=1S/C22H15N5OS3/c28-20(25-21-26-27-22(31-21)30-13-15-6-4-10-29-15)17-11-19(14-5-3-9-23-12-14)24-18-8-2-1-7-16(17)18/h1-12H,13H2,(H,25,26,28). The second kappa shape index (κ2) is 8.93. The van der Waals surface area contributed by atoms with E-state index in [-0.39, 0.29) is 5.91 Å². The quantitative estimate of drug-likeness (QED) is 0.256. The zero-order valence-corrected chi connectivity index (χ0v) is 18.5. The number of thiophene rings is 1. The number of hydrogen-bond acceptors (Lipinski definition) is 8. The Balaban J connectivity index is 1.40. The maximum atomic E-state index is 13.1. The average molecular weight is 462 g/mol. The minimum Gasteiger partial charge on any atom is -0.296 e. The molecule has 0 aliphatic rings. The van der Waals surface area contributed by atoms with Gasteiger partial charge >= 0.3 is 0 Å². The van der Waals surface area contributed by atoms with Crippen LogP contribution in [0.15, 0.2) is 76.7 Å². The topological polar surface area (TPSA) is 80.7 Å². The third-order valence-electron chi connectivity index (χ3n) is 4.46. The number of nitrogens with zero attached hydrogens (tertiary/aromatic N) is 4. The van der Waals surface area contributed by atoms with E-state index in [0.717, 1.165) is 26.6 Å². The number of thioether (sulfide) groups is 1. The zero-order chi connectivity index (χ0) is 21.0. The van der Waals surface area contributed by atoms with E-state index < -0.39 is 0 Å². The number of amides is 1. The van der Waals surface area contributed by atoms with Crippen molar-refractivity contribution in [2.45, 2.75) is 10.1 Å². The lowest BCUT2D eigenvalue weighted by atomic mass is 10.0. The lowest BCUT2D eigenvalue weighted by Crippen LogP contribution is -2.13. The molecule has 4 heterocycles. The summed E-state index contributed by atoms with van der Waals surface area (Å²) in [7, 11) is 0. The van der Waals surface area contributed by atoms with Gasteiger partial charge in [0.1, 0.15) is 0 Å². The Bertz CT molecular complexity index is 1340. The van der Waals surface area contributed by atoms with Gasteiger partial charge in [0.05, 0.1) is 16.8 Å². The first-order chi connectivity index (χ1) is 15.3. The first-order valence-corrected chi connectivity index (χ1v) is 12.0. The van der Waals surface area contributed by atoms with Crippen molar-refractivity contribution in [1.29, 1.82) is 0 Å². The number of carbonyl (C=O) groups is 1. The average Bonchev–Trinajstić information content (AvgIpc) is 3.49. The molecular weight excluding hydrogens is 446 g/mol. The summed E-state index contributed by atoms with van der Waals surface area (Å²) in [5.74, 6) is 0.596. The number of anilines is 1. The van der Waals surface area contributed by atoms with Crippen molar-refractivity contribution in [3.05, 3.63) is 82.8 Å². The smallest absolute Gasteiger partial charge is 0.258 e. The van der Waals surface area contributed by atoms with Gasteiger partial charge in [0.25, 0.3) is 5.91 Å². The Morgan fingerprint density at radius 3 is 2.84 bits per heavy atom. The van der Waals surface area contributed by atoms with Gasteiger partial charge in [-0.3, -0.25) is 15.1 Å². The Labute approximate surface area is 190 Å². The van der Waals surface area contributed by atoms with Crippen LogP contribution < -0.4 is 5.32 Å². The lowest BCUT2D eigenvalue weighted by molar-refractivity contribution is 0.102. The summed E-state index contributed by atoms with van der Waals surface area (Å²) in [6.45, 7) is 0. The maximum Gasteiger partial charge on any atom is 0.258 e. The van der Waals surface area contributed by atoms with Crippen molar-refractivity contribution >= 4 is 56.4 Å². The summed E-state index contributed by atoms with van der Waals surface area (Å²) in [4.78, 5) is 23.3. The molecular formula is C22H15N5OS3. The second-order valence-electron chi connectivity index (χ2n) is 6.51. The van der Waals surface area contributed by atoms with Gasteiger partial charge in [-0.25, -0.2) is 4.98 Å². The highest BCUT2D eigenvalue weighted by atomic mass is 32.2. The van der Waals surface area contributed by atoms with Crippen LogP contribution in [0, 0.1) is 0 Å². The molecule has 1 N–H and O–H groups in total. The summed E-state index contributed by atoms with van der Waals surface area (Å²) in [5, 5.41) is 14.5. The summed E-state index contributed by atoms with van der Waals surface area (Å²) >= 11 is 4.70. The third kappa shape index (κ3) is 4.48. The molecule has 0 fully saturated rings. The zero-order valence-electron chi connectivity index (χ0n) is 16.1. The lowest BCUT2D eigenvalue weighted by Gasteiger charge is -2.09. The molecule has 0 aliphatic carbocycles. The van der Waals surface area contributed by atoms with Crippen LogP contribution in [-0.2, 0) is 5.75 Å². The van der Waals surface area contributed by atoms with Crippen molar-refractivity contribution in [2.24, 2.45) is 0 Å². The van der Waals surface area contributed by atoms with Crippen molar-refractivity contribution in [2.75, 3.05) is 5.32 Å². The second-order valence-corrected chi connectivity index (χ2v) is 9.74. The number of fused-ring (bicyclic) bond motifs is 1. The van der Waals surface area contributed by atoms with Gasteiger partial charge in [0.2, 0.25) is 5.13 Å². The summed E-state index contributed by atoms with van der Waals surface area (Å²) in [6, 6.07) is 17.3. The molecule has 1 aromatic carbocycles. The van der Waals surface area contributed by atoms with Crippen molar-refractivity contribution in [3.63, 3.8) is 0 Å². The molecule has 31 heavy (non-hydrogen) atoms. The van der Waals surface area contributed by atoms with Gasteiger partial charge in [-0.15, -0.1) is 21.5 Å². The van der Waals surface area contributed by atoms with Crippen molar-refractivity contribution in [1.82, 2.24) is 20.2 Å². The highest BCUT2D eigenvalue weighted by molar-refractivity contribution is 8.00. The monoisotopic (exact) mass is 461 g/mol. The number of benzene rings is 1. The Hall–Kier alpha value is -3.14. The molecule has 0 saturated carbocycles. The fourth-order valence-corrected chi connectivity index (χ4v) is 5.56. The number of pyridine rings is 2. The number of aromatic nitrogens is 4. The minimum atomic E-state index is -0.241. The molecule has 5 rings (SSSR count). The van der Waals surface area contributed by atoms with Crippen LogP contribution in [0.1, 0.15) is 15.2 Å². The molecule has 0 saturated heterocycles. The number of nitrogens with one attached hydrogen (secondary N) is 1. The van der Waals surface area contributed by atoms with E-state index in [0.29, 0.717) is 16.4 Å². The predicted molar refractivity (Wildman–Crippen MR) is 127 cm³/mol. The Morgan fingerprint density at radius 2 is 2.00 bits per heavy atom. The Morgan fingerprint density at radius 1 is 1.06 bits per heavy atom. The van der Waals surface area contributed by atoms with Crippen LogP contribution in [0.2, 0.25) is 0 Å². The number of rotatable bonds is 6. The molecule has 0 unspecified atom stereocenters. The summed E-state index contributed by atoms with van der Waals surface area (Å²) in [6.07, 6.45) is 3.45. The SMILES string of the molecule is O=C(Nc1nnc(SCc2cccs2)s1)c1cc(-c2cccnc2)nc2ccccc12. The molecule has 0 bridgehead atoms. The van der Waals surface area contributed by atoms with Crippen LogP contribution >= 0.6 is 34.4 Å². The highest BCUT2D eigenvalue weighted by Gasteiger charge is 2.16. The first kappa shape index (κ1) is 19.8. The fourth-order valence-electron chi connectivity index (χ4n) is 3.04. The van der Waals surface area contributed by atoms with E-state index in [9.17, 15) is 4.79 Å². The van der Waals surface area contributed by atoms with Gasteiger partial charge < -0.3 is 0 Å². The molecule has 0 spiro atoms. The maximum absolute atomic E-state index is 13.1. The van der Waals surface area contributed by atoms with Crippen molar-refractivity contribution in [3.8, 4) is 11.3 Å². The van der Waals surface area contributed by atoms with Crippen LogP contribution in [0.4, 0.5) is 5.13 Å². The Kier molecular flexibility index (Phi) is 5.70. The number of hydrogen-bond donors (Lipinski definition) is 1. The number of para-hydroxylation sites is 1. The van der Waals surface area contributed by atoms with Crippen LogP contribution in [-0.4, -0.2) is 26.1 Å². The van der Waals surface area contributed by atoms with Crippen LogP contribution in [0.3, 0.4) is 0 Å². The van der Waals surface area contributed by atoms with E-state index >= 15 is 0 Å². The molecule has 0 aliphatic heterocycles. The molecule has 0 atom stereocenters.